The van der Waals surface area contributed by atoms with E-state index in [-0.39, 0.29) is 18.4 Å². The SMILES string of the molecule is CCC1(O)CN(CC(=O)NC(C)(C#N)C(C)C)C1. The minimum Gasteiger partial charge on any atom is -0.387 e. The molecular formula is C13H23N3O2. The molecule has 0 bridgehead atoms. The average molecular weight is 253 g/mol. The highest BCUT2D eigenvalue weighted by molar-refractivity contribution is 5.79. The van der Waals surface area contributed by atoms with Crippen molar-refractivity contribution < 1.29 is 9.90 Å². The number of nitrogens with one attached hydrogen (secondary N) is 1. The molecule has 0 aromatic carbocycles. The van der Waals surface area contributed by atoms with Crippen LogP contribution in [0.2, 0.25) is 0 Å². The largest absolute Gasteiger partial charge is 0.387 e. The Labute approximate surface area is 109 Å². The molecule has 1 saturated heterocycles. The molecule has 1 rings (SSSR count). The highest BCUT2D eigenvalue weighted by Crippen LogP contribution is 2.23. The molecule has 1 heterocycles. The van der Waals surface area contributed by atoms with Crippen LogP contribution in [-0.4, -0.2) is 46.7 Å². The predicted molar refractivity (Wildman–Crippen MR) is 68.7 cm³/mol. The topological polar surface area (TPSA) is 76.4 Å². The lowest BCUT2D eigenvalue weighted by Crippen LogP contribution is -2.64. The van der Waals surface area contributed by atoms with Gasteiger partial charge in [0.15, 0.2) is 0 Å². The summed E-state index contributed by atoms with van der Waals surface area (Å²) in [5.41, 5.74) is -1.46. The summed E-state index contributed by atoms with van der Waals surface area (Å²) in [5.74, 6) is -0.110. The number of carbonyl (C=O) groups excluding carboxylic acids is 1. The molecular weight excluding hydrogens is 230 g/mol. The van der Waals surface area contributed by atoms with Crippen LogP contribution >= 0.6 is 0 Å². The smallest absolute Gasteiger partial charge is 0.235 e. The molecule has 0 aromatic heterocycles. The number of likely N-dealkylation sites (tertiary alicyclic amines) is 1. The van der Waals surface area contributed by atoms with Crippen LogP contribution in [0.5, 0.6) is 0 Å². The maximum atomic E-state index is 11.8. The van der Waals surface area contributed by atoms with Crippen molar-refractivity contribution in [3.8, 4) is 6.07 Å². The first-order valence-electron chi connectivity index (χ1n) is 6.41. The molecule has 18 heavy (non-hydrogen) atoms. The molecule has 0 spiro atoms. The molecule has 102 valence electrons. The molecule has 0 aromatic rings. The Morgan fingerprint density at radius 1 is 1.61 bits per heavy atom. The predicted octanol–water partition coefficient (Wildman–Crippen LogP) is 0.498. The molecule has 1 amide bonds. The molecule has 5 nitrogen and oxygen atoms in total. The van der Waals surface area contributed by atoms with Crippen molar-refractivity contribution in [2.45, 2.75) is 45.3 Å². The summed E-state index contributed by atoms with van der Waals surface area (Å²) in [6.45, 7) is 8.78. The molecule has 0 radical (unpaired) electrons. The van der Waals surface area contributed by atoms with Gasteiger partial charge in [0.1, 0.15) is 5.54 Å². The standard InChI is InChI=1S/C13H23N3O2/c1-5-13(18)8-16(9-13)6-11(17)15-12(4,7-14)10(2)3/h10,18H,5-6,8-9H2,1-4H3,(H,15,17). The van der Waals surface area contributed by atoms with Gasteiger partial charge in [-0.25, -0.2) is 0 Å². The summed E-state index contributed by atoms with van der Waals surface area (Å²) in [7, 11) is 0. The highest BCUT2D eigenvalue weighted by Gasteiger charge is 2.40. The summed E-state index contributed by atoms with van der Waals surface area (Å²) < 4.78 is 0. The summed E-state index contributed by atoms with van der Waals surface area (Å²) in [6, 6.07) is 2.15. The number of carbonyl (C=O) groups is 1. The van der Waals surface area contributed by atoms with Gasteiger partial charge in [0.25, 0.3) is 0 Å². The Morgan fingerprint density at radius 2 is 2.17 bits per heavy atom. The van der Waals surface area contributed by atoms with E-state index in [9.17, 15) is 9.90 Å². The number of hydrogen-bond acceptors (Lipinski definition) is 4. The number of hydrogen-bond donors (Lipinski definition) is 2. The van der Waals surface area contributed by atoms with E-state index in [0.717, 1.165) is 0 Å². The highest BCUT2D eigenvalue weighted by atomic mass is 16.3. The van der Waals surface area contributed by atoms with Crippen LogP contribution in [0.15, 0.2) is 0 Å². The van der Waals surface area contributed by atoms with Gasteiger partial charge in [-0.05, 0) is 19.3 Å². The molecule has 0 aliphatic carbocycles. The lowest BCUT2D eigenvalue weighted by Gasteiger charge is -2.46. The number of rotatable bonds is 5. The quantitative estimate of drug-likeness (QED) is 0.748. The third-order valence-electron chi connectivity index (χ3n) is 3.85. The Morgan fingerprint density at radius 3 is 2.56 bits per heavy atom. The van der Waals surface area contributed by atoms with Crippen LogP contribution in [0, 0.1) is 17.2 Å². The van der Waals surface area contributed by atoms with Gasteiger partial charge in [-0.3, -0.25) is 9.69 Å². The van der Waals surface area contributed by atoms with Crippen LogP contribution in [0.4, 0.5) is 0 Å². The van der Waals surface area contributed by atoms with Crippen LogP contribution in [0.25, 0.3) is 0 Å². The Kier molecular flexibility index (Phi) is 4.36. The summed E-state index contributed by atoms with van der Waals surface area (Å²) in [5, 5.41) is 21.7. The van der Waals surface area contributed by atoms with Crippen molar-refractivity contribution >= 4 is 5.91 Å². The molecule has 1 atom stereocenters. The van der Waals surface area contributed by atoms with Gasteiger partial charge in [-0.1, -0.05) is 20.8 Å². The van der Waals surface area contributed by atoms with E-state index >= 15 is 0 Å². The molecule has 1 unspecified atom stereocenters. The monoisotopic (exact) mass is 253 g/mol. The molecule has 1 aliphatic rings. The summed E-state index contributed by atoms with van der Waals surface area (Å²) >= 11 is 0. The fraction of sp³-hybridized carbons (Fsp3) is 0.846. The molecule has 2 N–H and O–H groups in total. The number of nitrogens with zero attached hydrogens (tertiary/aromatic N) is 2. The van der Waals surface area contributed by atoms with Crippen LogP contribution < -0.4 is 5.32 Å². The second kappa shape index (κ2) is 5.25. The third kappa shape index (κ3) is 3.21. The van der Waals surface area contributed by atoms with Crippen molar-refractivity contribution in [3.63, 3.8) is 0 Å². The third-order valence-corrected chi connectivity index (χ3v) is 3.85. The molecule has 0 saturated carbocycles. The number of nitriles is 1. The van der Waals surface area contributed by atoms with Gasteiger partial charge < -0.3 is 10.4 Å². The second-order valence-electron chi connectivity index (χ2n) is 5.74. The van der Waals surface area contributed by atoms with Gasteiger partial charge >= 0.3 is 0 Å². The first-order chi connectivity index (χ1) is 8.24. The van der Waals surface area contributed by atoms with E-state index in [1.54, 1.807) is 6.92 Å². The van der Waals surface area contributed by atoms with Gasteiger partial charge in [-0.2, -0.15) is 5.26 Å². The number of aliphatic hydroxyl groups is 1. The zero-order valence-electron chi connectivity index (χ0n) is 11.7. The second-order valence-corrected chi connectivity index (χ2v) is 5.74. The fourth-order valence-electron chi connectivity index (χ4n) is 1.96. The van der Waals surface area contributed by atoms with Crippen molar-refractivity contribution in [2.75, 3.05) is 19.6 Å². The van der Waals surface area contributed by atoms with Crippen LogP contribution in [0.3, 0.4) is 0 Å². The van der Waals surface area contributed by atoms with Crippen molar-refractivity contribution in [1.29, 1.82) is 5.26 Å². The minimum absolute atomic E-state index is 0.0513. The maximum Gasteiger partial charge on any atom is 0.235 e. The van der Waals surface area contributed by atoms with E-state index in [1.165, 1.54) is 0 Å². The van der Waals surface area contributed by atoms with Crippen molar-refractivity contribution in [1.82, 2.24) is 10.2 Å². The van der Waals surface area contributed by atoms with Gasteiger partial charge in [0, 0.05) is 13.1 Å². The summed E-state index contributed by atoms with van der Waals surface area (Å²) in [4.78, 5) is 13.7. The van der Waals surface area contributed by atoms with E-state index in [0.29, 0.717) is 19.5 Å². The van der Waals surface area contributed by atoms with Crippen molar-refractivity contribution in [3.05, 3.63) is 0 Å². The van der Waals surface area contributed by atoms with Crippen LogP contribution in [0.1, 0.15) is 34.1 Å². The van der Waals surface area contributed by atoms with Crippen LogP contribution in [-0.2, 0) is 4.79 Å². The van der Waals surface area contributed by atoms with E-state index in [1.807, 2.05) is 25.7 Å². The lowest BCUT2D eigenvalue weighted by molar-refractivity contribution is -0.134. The maximum absolute atomic E-state index is 11.8. The summed E-state index contributed by atoms with van der Waals surface area (Å²) in [6.07, 6.45) is 0.701. The zero-order valence-corrected chi connectivity index (χ0v) is 11.7. The minimum atomic E-state index is -0.830. The Hall–Kier alpha value is -1.12. The molecule has 5 heteroatoms. The Balaban J connectivity index is 2.43. The average Bonchev–Trinajstić information content (AvgIpc) is 2.26. The molecule has 1 aliphatic heterocycles. The molecule has 1 fully saturated rings. The number of amides is 1. The Bertz CT molecular complexity index is 356. The normalized spacial score (nSPS) is 21.8. The van der Waals surface area contributed by atoms with Crippen molar-refractivity contribution in [2.24, 2.45) is 5.92 Å². The van der Waals surface area contributed by atoms with E-state index in [2.05, 4.69) is 11.4 Å². The van der Waals surface area contributed by atoms with Gasteiger partial charge in [0.2, 0.25) is 5.91 Å². The number of β-amino-alcohol motifs (C(OH)–C–C–N with tert-alkyl or cyclic N) is 1. The first-order valence-corrected chi connectivity index (χ1v) is 6.41. The van der Waals surface area contributed by atoms with Gasteiger partial charge in [0.05, 0.1) is 18.2 Å². The zero-order chi connectivity index (χ0) is 14.0. The van der Waals surface area contributed by atoms with Gasteiger partial charge in [-0.15, -0.1) is 0 Å². The lowest BCUT2D eigenvalue weighted by atomic mass is 9.89. The fourth-order valence-corrected chi connectivity index (χ4v) is 1.96. The van der Waals surface area contributed by atoms with E-state index in [4.69, 9.17) is 5.26 Å². The first kappa shape index (κ1) is 14.9. The van der Waals surface area contributed by atoms with E-state index < -0.39 is 11.1 Å².